The highest BCUT2D eigenvalue weighted by atomic mass is 16.6. The Kier molecular flexibility index (Phi) is 4.42. The van der Waals surface area contributed by atoms with Crippen molar-refractivity contribution in [1.82, 2.24) is 4.90 Å². The van der Waals surface area contributed by atoms with Crippen LogP contribution in [0, 0.1) is 5.92 Å². The van der Waals surface area contributed by atoms with Crippen molar-refractivity contribution in [1.29, 1.82) is 0 Å². The minimum absolute atomic E-state index is 0.190. The highest BCUT2D eigenvalue weighted by Crippen LogP contribution is 2.29. The molecule has 23 heavy (non-hydrogen) atoms. The van der Waals surface area contributed by atoms with Gasteiger partial charge in [0.2, 0.25) is 5.91 Å². The van der Waals surface area contributed by atoms with Crippen LogP contribution in [0.25, 0.3) is 0 Å². The van der Waals surface area contributed by atoms with E-state index >= 15 is 0 Å². The second-order valence-electron chi connectivity index (χ2n) is 5.80. The van der Waals surface area contributed by atoms with Crippen molar-refractivity contribution in [2.24, 2.45) is 5.92 Å². The maximum atomic E-state index is 12.8. The van der Waals surface area contributed by atoms with Crippen LogP contribution in [-0.4, -0.2) is 23.5 Å². The van der Waals surface area contributed by atoms with Gasteiger partial charge >= 0.3 is 6.09 Å². The first-order chi connectivity index (χ1) is 11.2. The van der Waals surface area contributed by atoms with Crippen LogP contribution in [-0.2, 0) is 16.0 Å². The monoisotopic (exact) mass is 309 g/mol. The van der Waals surface area contributed by atoms with Gasteiger partial charge in [-0.05, 0) is 17.5 Å². The minimum atomic E-state index is -0.552. The molecule has 4 nitrogen and oxygen atoms in total. The van der Waals surface area contributed by atoms with Crippen molar-refractivity contribution in [3.8, 4) is 0 Å². The zero-order chi connectivity index (χ0) is 16.2. The Hall–Kier alpha value is -2.62. The van der Waals surface area contributed by atoms with E-state index in [1.54, 1.807) is 0 Å². The van der Waals surface area contributed by atoms with Gasteiger partial charge < -0.3 is 4.74 Å². The van der Waals surface area contributed by atoms with E-state index in [2.05, 4.69) is 0 Å². The summed E-state index contributed by atoms with van der Waals surface area (Å²) in [6.45, 7) is 2.07. The smallest absolute Gasteiger partial charge is 0.417 e. The molecule has 0 N–H and O–H groups in total. The number of amides is 2. The molecule has 0 aliphatic carbocycles. The predicted octanol–water partition coefficient (Wildman–Crippen LogP) is 3.59. The molecule has 2 aromatic carbocycles. The lowest BCUT2D eigenvalue weighted by molar-refractivity contribution is -0.133. The highest BCUT2D eigenvalue weighted by molar-refractivity contribution is 5.94. The molecule has 1 saturated heterocycles. The van der Waals surface area contributed by atoms with E-state index < -0.39 is 6.09 Å². The Morgan fingerprint density at radius 1 is 1.13 bits per heavy atom. The zero-order valence-corrected chi connectivity index (χ0v) is 13.0. The van der Waals surface area contributed by atoms with Gasteiger partial charge in [0.05, 0.1) is 0 Å². The summed E-state index contributed by atoms with van der Waals surface area (Å²) in [6.07, 6.45) is 0.0501. The standard InChI is InChI=1S/C19H19NO3/c1-14(12-15-8-4-2-5-9-15)18(21)20-17(13-23-19(20)22)16-10-6-3-7-11-16/h2-11,14,17H,12-13H2,1H3/t14-,17?/m1/s1. The van der Waals surface area contributed by atoms with Crippen molar-refractivity contribution >= 4 is 12.0 Å². The van der Waals surface area contributed by atoms with Gasteiger partial charge in [0.25, 0.3) is 0 Å². The minimum Gasteiger partial charge on any atom is -0.446 e. The molecule has 1 heterocycles. The fourth-order valence-electron chi connectivity index (χ4n) is 2.88. The van der Waals surface area contributed by atoms with Crippen LogP contribution in [0.1, 0.15) is 24.1 Å². The molecule has 0 spiro atoms. The van der Waals surface area contributed by atoms with Crippen molar-refractivity contribution in [3.05, 3.63) is 71.8 Å². The fraction of sp³-hybridized carbons (Fsp3) is 0.263. The van der Waals surface area contributed by atoms with Gasteiger partial charge in [-0.3, -0.25) is 4.79 Å². The molecule has 1 aliphatic heterocycles. The van der Waals surface area contributed by atoms with Gasteiger partial charge in [-0.15, -0.1) is 0 Å². The molecular weight excluding hydrogens is 290 g/mol. The van der Waals surface area contributed by atoms with Crippen molar-refractivity contribution in [2.45, 2.75) is 19.4 Å². The van der Waals surface area contributed by atoms with Gasteiger partial charge in [-0.2, -0.15) is 0 Å². The number of benzene rings is 2. The number of carbonyl (C=O) groups is 2. The molecule has 0 saturated carbocycles. The van der Waals surface area contributed by atoms with Crippen molar-refractivity contribution in [3.63, 3.8) is 0 Å². The number of cyclic esters (lactones) is 1. The molecule has 1 unspecified atom stereocenters. The largest absolute Gasteiger partial charge is 0.446 e. The van der Waals surface area contributed by atoms with Gasteiger partial charge in [-0.1, -0.05) is 67.6 Å². The number of carbonyl (C=O) groups excluding carboxylic acids is 2. The quantitative estimate of drug-likeness (QED) is 0.867. The van der Waals surface area contributed by atoms with Crippen LogP contribution < -0.4 is 0 Å². The van der Waals surface area contributed by atoms with E-state index in [0.29, 0.717) is 6.42 Å². The van der Waals surface area contributed by atoms with Crippen LogP contribution >= 0.6 is 0 Å². The Morgan fingerprint density at radius 3 is 2.39 bits per heavy atom. The first-order valence-corrected chi connectivity index (χ1v) is 7.75. The average molecular weight is 309 g/mol. The summed E-state index contributed by atoms with van der Waals surface area (Å²) >= 11 is 0. The van der Waals surface area contributed by atoms with Crippen LogP contribution in [0.2, 0.25) is 0 Å². The van der Waals surface area contributed by atoms with Crippen molar-refractivity contribution < 1.29 is 14.3 Å². The van der Waals surface area contributed by atoms with Gasteiger partial charge in [0.15, 0.2) is 0 Å². The van der Waals surface area contributed by atoms with Gasteiger partial charge in [0.1, 0.15) is 12.6 Å². The molecule has 2 atom stereocenters. The number of imide groups is 1. The van der Waals surface area contributed by atoms with Crippen LogP contribution in [0.15, 0.2) is 60.7 Å². The molecule has 1 aliphatic rings. The first-order valence-electron chi connectivity index (χ1n) is 7.75. The average Bonchev–Trinajstić information content (AvgIpc) is 2.97. The summed E-state index contributed by atoms with van der Waals surface area (Å²) in [7, 11) is 0. The summed E-state index contributed by atoms with van der Waals surface area (Å²) in [5.41, 5.74) is 2.00. The van der Waals surface area contributed by atoms with E-state index in [4.69, 9.17) is 4.74 Å². The third kappa shape index (κ3) is 3.26. The molecule has 2 amide bonds. The van der Waals surface area contributed by atoms with Crippen LogP contribution in [0.4, 0.5) is 4.79 Å². The molecule has 4 heteroatoms. The summed E-state index contributed by atoms with van der Waals surface area (Å²) < 4.78 is 5.12. The normalized spacial score (nSPS) is 18.6. The molecule has 118 valence electrons. The Morgan fingerprint density at radius 2 is 1.74 bits per heavy atom. The molecule has 3 rings (SSSR count). The first kappa shape index (κ1) is 15.3. The lowest BCUT2D eigenvalue weighted by Gasteiger charge is -2.23. The second kappa shape index (κ2) is 6.65. The third-order valence-electron chi connectivity index (χ3n) is 4.10. The van der Waals surface area contributed by atoms with Crippen LogP contribution in [0.3, 0.4) is 0 Å². The van der Waals surface area contributed by atoms with E-state index in [1.165, 1.54) is 4.90 Å². The van der Waals surface area contributed by atoms with Crippen LogP contribution in [0.5, 0.6) is 0 Å². The third-order valence-corrected chi connectivity index (χ3v) is 4.10. The molecule has 0 radical (unpaired) electrons. The molecule has 0 bridgehead atoms. The Labute approximate surface area is 135 Å². The topological polar surface area (TPSA) is 46.6 Å². The predicted molar refractivity (Wildman–Crippen MR) is 86.7 cm³/mol. The summed E-state index contributed by atoms with van der Waals surface area (Å²) in [6, 6.07) is 19.0. The maximum Gasteiger partial charge on any atom is 0.417 e. The van der Waals surface area contributed by atoms with E-state index in [-0.39, 0.29) is 24.5 Å². The maximum absolute atomic E-state index is 12.8. The number of nitrogens with zero attached hydrogens (tertiary/aromatic N) is 1. The fourth-order valence-corrected chi connectivity index (χ4v) is 2.88. The molecule has 1 fully saturated rings. The second-order valence-corrected chi connectivity index (χ2v) is 5.80. The lowest BCUT2D eigenvalue weighted by atomic mass is 9.98. The van der Waals surface area contributed by atoms with Crippen molar-refractivity contribution in [2.75, 3.05) is 6.61 Å². The Balaban J connectivity index is 1.77. The summed E-state index contributed by atoms with van der Waals surface area (Å²) in [5, 5.41) is 0. The van der Waals surface area contributed by atoms with E-state index in [1.807, 2.05) is 67.6 Å². The van der Waals surface area contributed by atoms with E-state index in [9.17, 15) is 9.59 Å². The van der Waals surface area contributed by atoms with E-state index in [0.717, 1.165) is 11.1 Å². The lowest BCUT2D eigenvalue weighted by Crippen LogP contribution is -2.38. The summed E-state index contributed by atoms with van der Waals surface area (Å²) in [4.78, 5) is 26.1. The number of ether oxygens (including phenoxy) is 1. The van der Waals surface area contributed by atoms with Gasteiger partial charge in [0, 0.05) is 5.92 Å². The SMILES string of the molecule is C[C@H](Cc1ccccc1)C(=O)N1C(=O)OCC1c1ccccc1. The number of rotatable bonds is 4. The zero-order valence-electron chi connectivity index (χ0n) is 13.0. The Bertz CT molecular complexity index is 684. The number of hydrogen-bond donors (Lipinski definition) is 0. The van der Waals surface area contributed by atoms with Gasteiger partial charge in [-0.25, -0.2) is 9.69 Å². The molecule has 0 aromatic heterocycles. The molecule has 2 aromatic rings. The number of hydrogen-bond acceptors (Lipinski definition) is 3. The summed E-state index contributed by atoms with van der Waals surface area (Å²) in [5.74, 6) is -0.473. The highest BCUT2D eigenvalue weighted by Gasteiger charge is 2.40. The molecular formula is C19H19NO3.